The highest BCUT2D eigenvalue weighted by Gasteiger charge is 2.45. The van der Waals surface area contributed by atoms with E-state index in [1.54, 1.807) is 6.07 Å². The van der Waals surface area contributed by atoms with Crippen molar-refractivity contribution in [2.45, 2.75) is 24.4 Å². The average molecular weight is 215 g/mol. The number of hydrogen-bond acceptors (Lipinski definition) is 1. The minimum atomic E-state index is -0.777. The van der Waals surface area contributed by atoms with Crippen molar-refractivity contribution >= 4 is 11.6 Å². The number of halogens is 2. The zero-order valence-corrected chi connectivity index (χ0v) is 8.47. The number of aliphatic hydroxyl groups is 1. The van der Waals surface area contributed by atoms with Crippen LogP contribution < -0.4 is 0 Å². The van der Waals surface area contributed by atoms with Crippen molar-refractivity contribution < 1.29 is 9.50 Å². The van der Waals surface area contributed by atoms with E-state index in [9.17, 15) is 9.50 Å². The van der Waals surface area contributed by atoms with E-state index in [1.807, 2.05) is 18.2 Å². The van der Waals surface area contributed by atoms with Crippen LogP contribution >= 0.6 is 11.6 Å². The summed E-state index contributed by atoms with van der Waals surface area (Å²) in [5.74, 6) is 0. The number of rotatable bonds is 2. The zero-order valence-electron chi connectivity index (χ0n) is 7.71. The summed E-state index contributed by atoms with van der Waals surface area (Å²) in [5.41, 5.74) is 0.561. The molecule has 1 fully saturated rings. The molecule has 0 spiro atoms. The Bertz CT molecular complexity index is 334. The molecule has 2 rings (SSSR count). The molecule has 0 unspecified atom stereocenters. The van der Waals surface area contributed by atoms with Crippen LogP contribution in [-0.2, 0) is 5.41 Å². The molecule has 1 N–H and O–H groups in total. The third kappa shape index (κ3) is 1.53. The molecular formula is C11H12ClFO. The molecule has 1 aliphatic carbocycles. The van der Waals surface area contributed by atoms with Crippen LogP contribution in [0, 0.1) is 0 Å². The molecule has 0 saturated heterocycles. The van der Waals surface area contributed by atoms with E-state index in [4.69, 9.17) is 11.6 Å². The first kappa shape index (κ1) is 9.94. The van der Waals surface area contributed by atoms with Gasteiger partial charge in [0.1, 0.15) is 6.17 Å². The summed E-state index contributed by atoms with van der Waals surface area (Å²) < 4.78 is 12.8. The molecule has 0 aromatic heterocycles. The van der Waals surface area contributed by atoms with Gasteiger partial charge in [-0.15, -0.1) is 0 Å². The first-order chi connectivity index (χ1) is 6.66. The van der Waals surface area contributed by atoms with Gasteiger partial charge in [0.25, 0.3) is 0 Å². The van der Waals surface area contributed by atoms with Gasteiger partial charge in [0.05, 0.1) is 6.61 Å². The SMILES string of the molecule is OCC1(c2cccc(Cl)c2)CC(F)C1. The summed E-state index contributed by atoms with van der Waals surface area (Å²) in [7, 11) is 0. The monoisotopic (exact) mass is 214 g/mol. The van der Waals surface area contributed by atoms with Gasteiger partial charge < -0.3 is 5.11 Å². The van der Waals surface area contributed by atoms with Crippen molar-refractivity contribution in [3.8, 4) is 0 Å². The standard InChI is InChI=1S/C11H12ClFO/c12-9-3-1-2-8(4-9)11(7-14)5-10(13)6-11/h1-4,10,14H,5-7H2. The second kappa shape index (κ2) is 3.52. The average Bonchev–Trinajstić information content (AvgIpc) is 2.12. The molecule has 1 nitrogen and oxygen atoms in total. The maximum absolute atomic E-state index is 12.8. The van der Waals surface area contributed by atoms with Gasteiger partial charge in [0, 0.05) is 10.4 Å². The highest BCUT2D eigenvalue weighted by Crippen LogP contribution is 2.45. The molecule has 1 saturated carbocycles. The lowest BCUT2D eigenvalue weighted by molar-refractivity contribution is 0.0410. The van der Waals surface area contributed by atoms with Crippen molar-refractivity contribution in [1.29, 1.82) is 0 Å². The number of aliphatic hydroxyl groups excluding tert-OH is 1. The quantitative estimate of drug-likeness (QED) is 0.803. The van der Waals surface area contributed by atoms with Crippen LogP contribution in [0.25, 0.3) is 0 Å². The molecule has 0 aliphatic heterocycles. The molecule has 76 valence electrons. The van der Waals surface area contributed by atoms with E-state index in [2.05, 4.69) is 0 Å². The molecule has 1 aliphatic rings. The fourth-order valence-electron chi connectivity index (χ4n) is 2.06. The normalized spacial score (nSPS) is 31.2. The van der Waals surface area contributed by atoms with Gasteiger partial charge >= 0.3 is 0 Å². The van der Waals surface area contributed by atoms with Crippen molar-refractivity contribution in [1.82, 2.24) is 0 Å². The fraction of sp³-hybridized carbons (Fsp3) is 0.455. The molecule has 0 heterocycles. The Morgan fingerprint density at radius 2 is 2.21 bits per heavy atom. The summed E-state index contributed by atoms with van der Waals surface area (Å²) in [6, 6.07) is 7.32. The Morgan fingerprint density at radius 1 is 1.50 bits per heavy atom. The van der Waals surface area contributed by atoms with Crippen LogP contribution in [0.3, 0.4) is 0 Å². The lowest BCUT2D eigenvalue weighted by Crippen LogP contribution is -2.45. The molecule has 0 bridgehead atoms. The summed E-state index contributed by atoms with van der Waals surface area (Å²) in [5, 5.41) is 9.93. The van der Waals surface area contributed by atoms with Crippen molar-refractivity contribution in [2.75, 3.05) is 6.61 Å². The van der Waals surface area contributed by atoms with E-state index >= 15 is 0 Å². The highest BCUT2D eigenvalue weighted by molar-refractivity contribution is 6.30. The molecule has 0 radical (unpaired) electrons. The third-order valence-electron chi connectivity index (χ3n) is 2.96. The number of alkyl halides is 1. The van der Waals surface area contributed by atoms with E-state index in [-0.39, 0.29) is 12.0 Å². The summed E-state index contributed by atoms with van der Waals surface area (Å²) >= 11 is 5.85. The van der Waals surface area contributed by atoms with Crippen LogP contribution in [0.1, 0.15) is 18.4 Å². The van der Waals surface area contributed by atoms with Crippen molar-refractivity contribution in [3.05, 3.63) is 34.9 Å². The van der Waals surface area contributed by atoms with Crippen LogP contribution in [0.15, 0.2) is 24.3 Å². The Morgan fingerprint density at radius 3 is 2.71 bits per heavy atom. The summed E-state index contributed by atoms with van der Waals surface area (Å²) in [6.45, 7) is -0.00619. The maximum atomic E-state index is 12.8. The van der Waals surface area contributed by atoms with E-state index < -0.39 is 6.17 Å². The van der Waals surface area contributed by atoms with Crippen LogP contribution in [-0.4, -0.2) is 17.9 Å². The number of hydrogen-bond donors (Lipinski definition) is 1. The van der Waals surface area contributed by atoms with E-state index in [1.165, 1.54) is 0 Å². The Labute approximate surface area is 87.5 Å². The van der Waals surface area contributed by atoms with Gasteiger partial charge in [0.15, 0.2) is 0 Å². The van der Waals surface area contributed by atoms with Crippen LogP contribution in [0.4, 0.5) is 4.39 Å². The third-order valence-corrected chi connectivity index (χ3v) is 3.20. The zero-order chi connectivity index (χ0) is 10.2. The molecule has 3 heteroatoms. The molecule has 14 heavy (non-hydrogen) atoms. The second-order valence-corrected chi connectivity index (χ2v) is 4.39. The molecule has 1 aromatic rings. The van der Waals surface area contributed by atoms with Gasteiger partial charge in [-0.3, -0.25) is 0 Å². The lowest BCUT2D eigenvalue weighted by atomic mass is 9.64. The van der Waals surface area contributed by atoms with Gasteiger partial charge in [-0.2, -0.15) is 0 Å². The Kier molecular flexibility index (Phi) is 2.50. The Balaban J connectivity index is 2.29. The van der Waals surface area contributed by atoms with Crippen molar-refractivity contribution in [2.24, 2.45) is 0 Å². The van der Waals surface area contributed by atoms with Gasteiger partial charge in [-0.25, -0.2) is 4.39 Å². The van der Waals surface area contributed by atoms with E-state index in [0.29, 0.717) is 17.9 Å². The summed E-state index contributed by atoms with van der Waals surface area (Å²) in [6.07, 6.45) is 0.0364. The maximum Gasteiger partial charge on any atom is 0.102 e. The predicted octanol–water partition coefficient (Wildman–Crippen LogP) is 2.70. The number of benzene rings is 1. The predicted molar refractivity (Wildman–Crippen MR) is 54.3 cm³/mol. The first-order valence-corrected chi connectivity index (χ1v) is 5.05. The van der Waals surface area contributed by atoms with Crippen molar-refractivity contribution in [3.63, 3.8) is 0 Å². The second-order valence-electron chi connectivity index (χ2n) is 3.95. The van der Waals surface area contributed by atoms with Crippen LogP contribution in [0.2, 0.25) is 5.02 Å². The summed E-state index contributed by atoms with van der Waals surface area (Å²) in [4.78, 5) is 0. The largest absolute Gasteiger partial charge is 0.395 e. The van der Waals surface area contributed by atoms with Gasteiger partial charge in [-0.1, -0.05) is 23.7 Å². The Hall–Kier alpha value is -0.600. The van der Waals surface area contributed by atoms with Crippen LogP contribution in [0.5, 0.6) is 0 Å². The fourth-order valence-corrected chi connectivity index (χ4v) is 2.25. The molecule has 0 amide bonds. The molecular weight excluding hydrogens is 203 g/mol. The van der Waals surface area contributed by atoms with Gasteiger partial charge in [-0.05, 0) is 30.5 Å². The molecule has 0 atom stereocenters. The minimum absolute atomic E-state index is 0.00619. The minimum Gasteiger partial charge on any atom is -0.395 e. The van der Waals surface area contributed by atoms with Gasteiger partial charge in [0.2, 0.25) is 0 Å². The smallest absolute Gasteiger partial charge is 0.102 e. The topological polar surface area (TPSA) is 20.2 Å². The lowest BCUT2D eigenvalue weighted by Gasteiger charge is -2.43. The molecule has 1 aromatic carbocycles. The first-order valence-electron chi connectivity index (χ1n) is 4.67. The highest BCUT2D eigenvalue weighted by atomic mass is 35.5. The van der Waals surface area contributed by atoms with E-state index in [0.717, 1.165) is 5.56 Å².